The Labute approximate surface area is 91.5 Å². The first-order valence-electron chi connectivity index (χ1n) is 4.49. The van der Waals surface area contributed by atoms with E-state index in [9.17, 15) is 0 Å². The molecule has 0 aliphatic carbocycles. The second kappa shape index (κ2) is 3.96. The maximum Gasteiger partial charge on any atom is 0.110 e. The number of aromatic nitrogens is 2. The molecular weight excluding hydrogens is 240 g/mol. The number of imidazole rings is 1. The monoisotopic (exact) mass is 250 g/mol. The number of halogens is 1. The van der Waals surface area contributed by atoms with Gasteiger partial charge in [-0.3, -0.25) is 0 Å². The van der Waals surface area contributed by atoms with Gasteiger partial charge in [0, 0.05) is 22.8 Å². The molecule has 0 radical (unpaired) electrons. The highest BCUT2D eigenvalue weighted by atomic mass is 79.9. The number of benzene rings is 1. The molecule has 1 heterocycles. The van der Waals surface area contributed by atoms with Crippen molar-refractivity contribution >= 4 is 15.9 Å². The van der Waals surface area contributed by atoms with E-state index in [-0.39, 0.29) is 0 Å². The molecule has 1 aromatic carbocycles. The van der Waals surface area contributed by atoms with E-state index in [1.54, 1.807) is 0 Å². The number of H-pyrrole nitrogens is 1. The predicted octanol–water partition coefficient (Wildman–Crippen LogP) is 3.07. The maximum atomic E-state index is 4.28. The Morgan fingerprint density at radius 2 is 2.14 bits per heavy atom. The topological polar surface area (TPSA) is 28.7 Å². The Morgan fingerprint density at radius 1 is 1.36 bits per heavy atom. The summed E-state index contributed by atoms with van der Waals surface area (Å²) in [5.74, 6) is 1.01. The lowest BCUT2D eigenvalue weighted by molar-refractivity contribution is 1.01. The molecule has 2 aromatic rings. The van der Waals surface area contributed by atoms with Gasteiger partial charge in [0.25, 0.3) is 0 Å². The van der Waals surface area contributed by atoms with Crippen LogP contribution in [0.3, 0.4) is 0 Å². The van der Waals surface area contributed by atoms with E-state index >= 15 is 0 Å². The smallest absolute Gasteiger partial charge is 0.110 e. The van der Waals surface area contributed by atoms with Gasteiger partial charge in [-0.15, -0.1) is 0 Å². The molecule has 3 heteroatoms. The zero-order valence-corrected chi connectivity index (χ0v) is 9.51. The van der Waals surface area contributed by atoms with Crippen LogP contribution in [-0.4, -0.2) is 9.97 Å². The molecule has 2 nitrogen and oxygen atoms in total. The number of hydrogen-bond acceptors (Lipinski definition) is 1. The van der Waals surface area contributed by atoms with Gasteiger partial charge in [-0.1, -0.05) is 34.1 Å². The molecule has 0 saturated carbocycles. The Bertz CT molecular complexity index is 434. The van der Waals surface area contributed by atoms with Gasteiger partial charge in [0.2, 0.25) is 0 Å². The van der Waals surface area contributed by atoms with E-state index in [2.05, 4.69) is 32.0 Å². The van der Waals surface area contributed by atoms with E-state index < -0.39 is 0 Å². The normalized spacial score (nSPS) is 10.4. The zero-order valence-electron chi connectivity index (χ0n) is 7.92. The van der Waals surface area contributed by atoms with Crippen molar-refractivity contribution in [3.8, 4) is 0 Å². The van der Waals surface area contributed by atoms with E-state index in [0.29, 0.717) is 0 Å². The molecule has 14 heavy (non-hydrogen) atoms. The van der Waals surface area contributed by atoms with Gasteiger partial charge in [0.15, 0.2) is 0 Å². The van der Waals surface area contributed by atoms with E-state index in [4.69, 9.17) is 0 Å². The molecule has 0 atom stereocenters. The summed E-state index contributed by atoms with van der Waals surface area (Å²) in [6.45, 7) is 2.01. The van der Waals surface area contributed by atoms with Crippen molar-refractivity contribution in [3.05, 3.63) is 52.0 Å². The van der Waals surface area contributed by atoms with Crippen LogP contribution in [0.5, 0.6) is 0 Å². The largest absolute Gasteiger partial charge is 0.346 e. The lowest BCUT2D eigenvalue weighted by Gasteiger charge is -2.00. The average molecular weight is 251 g/mol. The number of aryl methyl sites for hydroxylation is 1. The highest BCUT2D eigenvalue weighted by molar-refractivity contribution is 9.10. The molecule has 0 saturated heterocycles. The van der Waals surface area contributed by atoms with Gasteiger partial charge in [-0.2, -0.15) is 0 Å². The van der Waals surface area contributed by atoms with Gasteiger partial charge in [0.1, 0.15) is 5.82 Å². The Kier molecular flexibility index (Phi) is 2.68. The number of rotatable bonds is 2. The molecule has 0 unspecified atom stereocenters. The highest BCUT2D eigenvalue weighted by Gasteiger charge is 2.02. The van der Waals surface area contributed by atoms with Crippen LogP contribution >= 0.6 is 15.9 Å². The third-order valence-electron chi connectivity index (χ3n) is 2.07. The fourth-order valence-electron chi connectivity index (χ4n) is 1.38. The molecular formula is C11H11BrN2. The summed E-state index contributed by atoms with van der Waals surface area (Å²) in [5, 5.41) is 0. The van der Waals surface area contributed by atoms with E-state index in [1.165, 1.54) is 5.56 Å². The molecule has 2 rings (SSSR count). The van der Waals surface area contributed by atoms with Crippen molar-refractivity contribution in [1.82, 2.24) is 9.97 Å². The van der Waals surface area contributed by atoms with Gasteiger partial charge >= 0.3 is 0 Å². The average Bonchev–Trinajstić information content (AvgIpc) is 2.56. The van der Waals surface area contributed by atoms with E-state index in [1.807, 2.05) is 31.3 Å². The van der Waals surface area contributed by atoms with Crippen molar-refractivity contribution < 1.29 is 0 Å². The minimum absolute atomic E-state index is 0.843. The predicted molar refractivity (Wildman–Crippen MR) is 60.3 cm³/mol. The third kappa shape index (κ3) is 2.04. The fourth-order valence-corrected chi connectivity index (χ4v) is 1.80. The van der Waals surface area contributed by atoms with Gasteiger partial charge < -0.3 is 4.98 Å². The Balaban J connectivity index is 2.23. The molecule has 1 aromatic heterocycles. The molecule has 0 bridgehead atoms. The van der Waals surface area contributed by atoms with Gasteiger partial charge in [0.05, 0.1) is 0 Å². The highest BCUT2D eigenvalue weighted by Crippen LogP contribution is 2.18. The zero-order chi connectivity index (χ0) is 9.97. The van der Waals surface area contributed by atoms with Crippen molar-refractivity contribution in [3.63, 3.8) is 0 Å². The van der Waals surface area contributed by atoms with Crippen molar-refractivity contribution in [2.24, 2.45) is 0 Å². The lowest BCUT2D eigenvalue weighted by atomic mass is 10.1. The first-order valence-corrected chi connectivity index (χ1v) is 5.29. The fraction of sp³-hybridized carbons (Fsp3) is 0.182. The summed E-state index contributed by atoms with van der Waals surface area (Å²) in [6, 6.07) is 8.20. The molecule has 72 valence electrons. The Hall–Kier alpha value is -1.09. The summed E-state index contributed by atoms with van der Waals surface area (Å²) >= 11 is 3.52. The first kappa shape index (κ1) is 9.46. The van der Waals surface area contributed by atoms with Crippen molar-refractivity contribution in [1.29, 1.82) is 0 Å². The number of hydrogen-bond donors (Lipinski definition) is 1. The summed E-state index contributed by atoms with van der Waals surface area (Å²) < 4.78 is 1.13. The van der Waals surface area contributed by atoms with Gasteiger partial charge in [-0.25, -0.2) is 4.98 Å². The minimum atomic E-state index is 0.843. The number of aromatic amines is 1. The first-order chi connectivity index (χ1) is 6.75. The standard InChI is InChI=1S/C11H11BrN2/c1-8-7-13-11(14-8)6-9-4-2-3-5-10(9)12/h2-5,7H,6H2,1H3,(H,13,14). The lowest BCUT2D eigenvalue weighted by Crippen LogP contribution is -1.91. The molecule has 0 spiro atoms. The SMILES string of the molecule is Cc1cnc(Cc2ccccc2Br)[nH]1. The van der Waals surface area contributed by atoms with Crippen LogP contribution in [0.4, 0.5) is 0 Å². The summed E-state index contributed by atoms with van der Waals surface area (Å²) in [7, 11) is 0. The van der Waals surface area contributed by atoms with Crippen LogP contribution in [0, 0.1) is 6.92 Å². The Morgan fingerprint density at radius 3 is 2.79 bits per heavy atom. The van der Waals surface area contributed by atoms with Gasteiger partial charge in [-0.05, 0) is 18.6 Å². The summed E-state index contributed by atoms with van der Waals surface area (Å²) in [6.07, 6.45) is 2.70. The third-order valence-corrected chi connectivity index (χ3v) is 2.84. The second-order valence-corrected chi connectivity index (χ2v) is 4.14. The molecule has 1 N–H and O–H groups in total. The summed E-state index contributed by atoms with van der Waals surface area (Å²) in [4.78, 5) is 7.50. The van der Waals surface area contributed by atoms with E-state index in [0.717, 1.165) is 22.4 Å². The minimum Gasteiger partial charge on any atom is -0.346 e. The van der Waals surface area contributed by atoms with Crippen LogP contribution in [0.2, 0.25) is 0 Å². The number of nitrogens with zero attached hydrogens (tertiary/aromatic N) is 1. The van der Waals surface area contributed by atoms with Crippen LogP contribution in [0.25, 0.3) is 0 Å². The van der Waals surface area contributed by atoms with Crippen LogP contribution < -0.4 is 0 Å². The molecule has 0 aliphatic rings. The van der Waals surface area contributed by atoms with Crippen LogP contribution in [0.15, 0.2) is 34.9 Å². The number of nitrogens with one attached hydrogen (secondary N) is 1. The quantitative estimate of drug-likeness (QED) is 0.872. The van der Waals surface area contributed by atoms with Crippen LogP contribution in [0.1, 0.15) is 17.1 Å². The molecule has 0 fully saturated rings. The molecule has 0 amide bonds. The second-order valence-electron chi connectivity index (χ2n) is 3.28. The van der Waals surface area contributed by atoms with Crippen LogP contribution in [-0.2, 0) is 6.42 Å². The van der Waals surface area contributed by atoms with Crippen molar-refractivity contribution in [2.75, 3.05) is 0 Å². The van der Waals surface area contributed by atoms with Crippen molar-refractivity contribution in [2.45, 2.75) is 13.3 Å². The summed E-state index contributed by atoms with van der Waals surface area (Å²) in [5.41, 5.74) is 2.36. The molecule has 0 aliphatic heterocycles. The maximum absolute atomic E-state index is 4.28.